The average molecular weight is 585 g/mol. The number of likely N-dealkylation sites (tertiary alicyclic amines) is 1. The number of rotatable bonds is 11. The van der Waals surface area contributed by atoms with E-state index >= 15 is 0 Å². The molecule has 1 amide bonds. The largest absolute Gasteiger partial charge is 0.486 e. The first-order chi connectivity index (χ1) is 18.1. The lowest BCUT2D eigenvalue weighted by Crippen LogP contribution is -2.50. The highest BCUT2D eigenvalue weighted by atomic mass is 79.9. The molecule has 1 saturated heterocycles. The van der Waals surface area contributed by atoms with Crippen LogP contribution in [-0.2, 0) is 26.6 Å². The third kappa shape index (κ3) is 6.32. The van der Waals surface area contributed by atoms with E-state index in [0.29, 0.717) is 31.9 Å². The minimum absolute atomic E-state index is 0.0491. The number of halogens is 1. The normalized spacial score (nSPS) is 20.3. The molecule has 0 unspecified atom stereocenters. The number of methoxy groups -OCH3 is 1. The number of thioether (sulfide) groups is 1. The predicted molar refractivity (Wildman–Crippen MR) is 148 cm³/mol. The van der Waals surface area contributed by atoms with Crippen molar-refractivity contribution in [2.75, 3.05) is 27.1 Å². The molecule has 5 rings (SSSR count). The van der Waals surface area contributed by atoms with Gasteiger partial charge >= 0.3 is 0 Å². The highest BCUT2D eigenvalue weighted by molar-refractivity contribution is 9.10. The lowest BCUT2D eigenvalue weighted by Gasteiger charge is -2.40. The molecule has 0 radical (unpaired) electrons. The van der Waals surface area contributed by atoms with Crippen LogP contribution in [0.3, 0.4) is 0 Å². The molecule has 0 bridgehead atoms. The molecule has 2 aliphatic rings. The fraction of sp³-hybridized carbons (Fsp3) is 0.345. The van der Waals surface area contributed by atoms with Crippen LogP contribution >= 0.6 is 27.7 Å². The van der Waals surface area contributed by atoms with Crippen molar-refractivity contribution in [1.82, 2.24) is 4.90 Å². The lowest BCUT2D eigenvalue weighted by atomic mass is 9.93. The number of hydrogen-bond donors (Lipinski definition) is 0. The van der Waals surface area contributed by atoms with E-state index < -0.39 is 0 Å². The molecule has 0 aliphatic carbocycles. The summed E-state index contributed by atoms with van der Waals surface area (Å²) in [4.78, 5) is 15.5. The standard InChI is InChI=1S/C29H30BrNO5S/c1-33-13-14-34-19-35-23-11-12-24-25(15-23)36-29-26(37-18-21-5-3-2-4-6-21)16-27(32)31(28(24)29)17-20-7-9-22(30)10-8-20/h2-12,15,26,28-29H,13-14,16-19H2,1H3/t26-,28+,29-/m1/s1. The van der Waals surface area contributed by atoms with E-state index in [0.717, 1.165) is 27.1 Å². The van der Waals surface area contributed by atoms with Crippen molar-refractivity contribution in [3.8, 4) is 11.5 Å². The number of hydrogen-bond acceptors (Lipinski definition) is 6. The lowest BCUT2D eigenvalue weighted by molar-refractivity contribution is -0.140. The van der Waals surface area contributed by atoms with Crippen molar-refractivity contribution in [3.63, 3.8) is 0 Å². The zero-order valence-electron chi connectivity index (χ0n) is 20.7. The van der Waals surface area contributed by atoms with Gasteiger partial charge in [-0.25, -0.2) is 0 Å². The van der Waals surface area contributed by atoms with Gasteiger partial charge in [0.1, 0.15) is 17.6 Å². The molecule has 37 heavy (non-hydrogen) atoms. The van der Waals surface area contributed by atoms with E-state index in [1.807, 2.05) is 53.4 Å². The molecular formula is C29H30BrNO5S. The van der Waals surface area contributed by atoms with Gasteiger partial charge in [-0.3, -0.25) is 4.79 Å². The van der Waals surface area contributed by atoms with Crippen LogP contribution in [-0.4, -0.2) is 49.3 Å². The van der Waals surface area contributed by atoms with Crippen LogP contribution in [0, 0.1) is 0 Å². The monoisotopic (exact) mass is 583 g/mol. The fourth-order valence-corrected chi connectivity index (χ4v) is 6.26. The van der Waals surface area contributed by atoms with Crippen LogP contribution < -0.4 is 9.47 Å². The molecule has 0 aromatic heterocycles. The number of fused-ring (bicyclic) bond motifs is 3. The predicted octanol–water partition coefficient (Wildman–Crippen LogP) is 5.99. The summed E-state index contributed by atoms with van der Waals surface area (Å²) in [7, 11) is 1.64. The van der Waals surface area contributed by atoms with E-state index in [1.165, 1.54) is 5.56 Å². The maximum absolute atomic E-state index is 13.5. The molecule has 6 nitrogen and oxygen atoms in total. The summed E-state index contributed by atoms with van der Waals surface area (Å²) in [6.07, 6.45) is 0.310. The Morgan fingerprint density at radius 2 is 1.84 bits per heavy atom. The van der Waals surface area contributed by atoms with E-state index in [-0.39, 0.29) is 30.1 Å². The van der Waals surface area contributed by atoms with Crippen molar-refractivity contribution >= 4 is 33.6 Å². The van der Waals surface area contributed by atoms with Gasteiger partial charge in [0.05, 0.1) is 24.5 Å². The number of carbonyl (C=O) groups excluding carboxylic acids is 1. The summed E-state index contributed by atoms with van der Waals surface area (Å²) >= 11 is 5.30. The first-order valence-electron chi connectivity index (χ1n) is 12.3. The first kappa shape index (κ1) is 26.1. The van der Waals surface area contributed by atoms with Gasteiger partial charge in [0.15, 0.2) is 6.79 Å². The number of nitrogens with zero attached hydrogens (tertiary/aromatic N) is 1. The van der Waals surface area contributed by atoms with Crippen LogP contribution in [0.4, 0.5) is 0 Å². The molecule has 3 aromatic carbocycles. The van der Waals surface area contributed by atoms with Gasteiger partial charge in [0.25, 0.3) is 0 Å². The molecule has 3 aromatic rings. The van der Waals surface area contributed by atoms with Gasteiger partial charge < -0.3 is 23.8 Å². The number of piperidine rings is 1. The van der Waals surface area contributed by atoms with Crippen molar-refractivity contribution in [2.24, 2.45) is 0 Å². The van der Waals surface area contributed by atoms with Gasteiger partial charge in [-0.15, -0.1) is 11.8 Å². The van der Waals surface area contributed by atoms with E-state index in [9.17, 15) is 4.79 Å². The highest BCUT2D eigenvalue weighted by Crippen LogP contribution is 2.49. The second-order valence-corrected chi connectivity index (χ2v) is 11.2. The number of amides is 1. The Balaban J connectivity index is 1.36. The Bertz CT molecular complexity index is 1190. The Morgan fingerprint density at radius 3 is 2.62 bits per heavy atom. The third-order valence-corrected chi connectivity index (χ3v) is 8.48. The second kappa shape index (κ2) is 12.3. The van der Waals surface area contributed by atoms with Crippen molar-refractivity contribution in [3.05, 3.63) is 94.0 Å². The molecule has 194 valence electrons. The first-order valence-corrected chi connectivity index (χ1v) is 14.2. The van der Waals surface area contributed by atoms with Gasteiger partial charge in [0, 0.05) is 41.9 Å². The van der Waals surface area contributed by atoms with Crippen LogP contribution in [0.5, 0.6) is 11.5 Å². The van der Waals surface area contributed by atoms with Crippen LogP contribution in [0.25, 0.3) is 0 Å². The van der Waals surface area contributed by atoms with Crippen LogP contribution in [0.15, 0.2) is 77.3 Å². The van der Waals surface area contributed by atoms with Gasteiger partial charge in [-0.2, -0.15) is 0 Å². The summed E-state index contributed by atoms with van der Waals surface area (Å²) in [5.41, 5.74) is 3.36. The summed E-state index contributed by atoms with van der Waals surface area (Å²) in [5.74, 6) is 2.43. The van der Waals surface area contributed by atoms with Gasteiger partial charge in [-0.1, -0.05) is 58.4 Å². The summed E-state index contributed by atoms with van der Waals surface area (Å²) in [6, 6.07) is 24.2. The van der Waals surface area contributed by atoms with Crippen molar-refractivity contribution < 1.29 is 23.7 Å². The summed E-state index contributed by atoms with van der Waals surface area (Å²) in [5, 5.41) is 0.0491. The molecular weight excluding hydrogens is 554 g/mol. The minimum Gasteiger partial charge on any atom is -0.486 e. The second-order valence-electron chi connectivity index (χ2n) is 9.08. The smallest absolute Gasteiger partial charge is 0.224 e. The van der Waals surface area contributed by atoms with Crippen molar-refractivity contribution in [2.45, 2.75) is 36.1 Å². The van der Waals surface area contributed by atoms with E-state index in [4.69, 9.17) is 18.9 Å². The highest BCUT2D eigenvalue weighted by Gasteiger charge is 2.49. The average Bonchev–Trinajstić information content (AvgIpc) is 3.30. The Labute approximate surface area is 230 Å². The van der Waals surface area contributed by atoms with Gasteiger partial charge in [-0.05, 0) is 35.4 Å². The van der Waals surface area contributed by atoms with E-state index in [1.54, 1.807) is 18.9 Å². The quantitative estimate of drug-likeness (QED) is 0.204. The Kier molecular flexibility index (Phi) is 8.71. The van der Waals surface area contributed by atoms with Crippen LogP contribution in [0.2, 0.25) is 0 Å². The number of ether oxygens (including phenoxy) is 4. The SMILES string of the molecule is COCCOCOc1ccc2c(c1)O[C@@H]1[C@H](SCc3ccccc3)CC(=O)N(Cc3ccc(Br)cc3)[C@@H]21. The fourth-order valence-electron chi connectivity index (χ4n) is 4.74. The summed E-state index contributed by atoms with van der Waals surface area (Å²) < 4.78 is 23.8. The maximum Gasteiger partial charge on any atom is 0.224 e. The maximum atomic E-state index is 13.5. The zero-order chi connectivity index (χ0) is 25.6. The molecule has 0 saturated carbocycles. The molecule has 1 fully saturated rings. The van der Waals surface area contributed by atoms with Gasteiger partial charge in [0.2, 0.25) is 5.91 Å². The molecule has 0 spiro atoms. The summed E-state index contributed by atoms with van der Waals surface area (Å²) in [6.45, 7) is 1.66. The minimum atomic E-state index is -0.153. The number of benzene rings is 3. The molecule has 0 N–H and O–H groups in total. The molecule has 2 aliphatic heterocycles. The van der Waals surface area contributed by atoms with E-state index in [2.05, 4.69) is 40.2 Å². The third-order valence-electron chi connectivity index (χ3n) is 6.59. The Morgan fingerprint density at radius 1 is 1.03 bits per heavy atom. The molecule has 8 heteroatoms. The zero-order valence-corrected chi connectivity index (χ0v) is 23.1. The van der Waals surface area contributed by atoms with Crippen molar-refractivity contribution in [1.29, 1.82) is 0 Å². The topological polar surface area (TPSA) is 57.2 Å². The Hall–Kier alpha value is -2.52. The van der Waals surface area contributed by atoms with Crippen LogP contribution in [0.1, 0.15) is 29.2 Å². The number of carbonyl (C=O) groups is 1. The molecule has 2 heterocycles. The molecule has 3 atom stereocenters.